The highest BCUT2D eigenvalue weighted by atomic mass is 79.9. The third kappa shape index (κ3) is 4.23. The minimum Gasteiger partial charge on any atom is -0.453 e. The third-order valence-corrected chi connectivity index (χ3v) is 4.76. The van der Waals surface area contributed by atoms with Gasteiger partial charge in [0.05, 0.1) is 12.1 Å². The van der Waals surface area contributed by atoms with Gasteiger partial charge in [0.2, 0.25) is 0 Å². The number of Topliss-reactive ketones (excluding diaryl/α,β-unsaturated/α-hetero) is 1. The number of methoxy groups -OCH3 is 1. The highest BCUT2D eigenvalue weighted by Gasteiger charge is 2.21. The van der Waals surface area contributed by atoms with Crippen molar-refractivity contribution in [2.75, 3.05) is 12.4 Å². The molecule has 9 heteroatoms. The molecule has 7 nitrogen and oxygen atoms in total. The van der Waals surface area contributed by atoms with E-state index in [9.17, 15) is 9.59 Å². The molecule has 0 aliphatic rings. The van der Waals surface area contributed by atoms with Crippen LogP contribution in [0.3, 0.4) is 0 Å². The summed E-state index contributed by atoms with van der Waals surface area (Å²) in [6, 6.07) is 10.4. The van der Waals surface area contributed by atoms with E-state index in [1.807, 2.05) is 13.0 Å². The number of hydrogen-bond donors (Lipinski definition) is 1. The van der Waals surface area contributed by atoms with Gasteiger partial charge in [0.25, 0.3) is 0 Å². The van der Waals surface area contributed by atoms with Gasteiger partial charge in [-0.3, -0.25) is 10.1 Å². The summed E-state index contributed by atoms with van der Waals surface area (Å²) in [4.78, 5) is 28.9. The Hall–Kier alpha value is -2.71. The Morgan fingerprint density at radius 1 is 1.29 bits per heavy atom. The molecule has 0 fully saturated rings. The van der Waals surface area contributed by atoms with E-state index >= 15 is 0 Å². The van der Waals surface area contributed by atoms with Crippen molar-refractivity contribution in [1.29, 1.82) is 0 Å². The SMILES string of the molecule is COC(=O)Nc1cccc(C)c1CC(=O)c1cc(Br)nn1-c1ncccc1Cl. The molecule has 0 radical (unpaired) electrons. The minimum absolute atomic E-state index is 0.0502. The van der Waals surface area contributed by atoms with E-state index in [0.717, 1.165) is 5.56 Å². The quantitative estimate of drug-likeness (QED) is 0.559. The summed E-state index contributed by atoms with van der Waals surface area (Å²) in [6.07, 6.45) is 1.02. The zero-order valence-corrected chi connectivity index (χ0v) is 17.4. The van der Waals surface area contributed by atoms with Crippen molar-refractivity contribution in [3.05, 3.63) is 69.0 Å². The van der Waals surface area contributed by atoms with Crippen molar-refractivity contribution < 1.29 is 14.3 Å². The van der Waals surface area contributed by atoms with E-state index in [2.05, 4.69) is 36.1 Å². The summed E-state index contributed by atoms with van der Waals surface area (Å²) in [5, 5.41) is 7.30. The Bertz CT molecular complexity index is 1050. The second kappa shape index (κ2) is 8.53. The number of aromatic nitrogens is 3. The first-order chi connectivity index (χ1) is 13.4. The number of benzene rings is 1. The fourth-order valence-corrected chi connectivity index (χ4v) is 3.29. The molecule has 1 N–H and O–H groups in total. The van der Waals surface area contributed by atoms with Crippen molar-refractivity contribution >= 4 is 45.1 Å². The van der Waals surface area contributed by atoms with E-state index in [1.54, 1.807) is 36.5 Å². The van der Waals surface area contributed by atoms with Crippen LogP contribution in [0.1, 0.15) is 21.6 Å². The Morgan fingerprint density at radius 3 is 2.79 bits per heavy atom. The summed E-state index contributed by atoms with van der Waals surface area (Å²) < 4.78 is 6.54. The molecule has 0 bridgehead atoms. The fourth-order valence-electron chi connectivity index (χ4n) is 2.71. The number of aryl methyl sites for hydroxylation is 1. The van der Waals surface area contributed by atoms with E-state index in [-0.39, 0.29) is 12.2 Å². The first-order valence-corrected chi connectivity index (χ1v) is 9.41. The molecular weight excluding hydrogens is 448 g/mol. The molecule has 0 spiro atoms. The number of ketones is 1. The number of carbonyl (C=O) groups is 2. The average molecular weight is 464 g/mol. The molecular formula is C19H16BrClN4O3. The number of halogens is 2. The Morgan fingerprint density at radius 2 is 2.07 bits per heavy atom. The van der Waals surface area contributed by atoms with Crippen LogP contribution >= 0.6 is 27.5 Å². The standard InChI is InChI=1S/C19H16BrClN4O3/c1-11-5-3-7-14(23-19(27)28-2)12(11)9-16(26)15-10-17(20)24-25(15)18-13(21)6-4-8-22-18/h3-8,10H,9H2,1-2H3,(H,23,27). The van der Waals surface area contributed by atoms with Crippen LogP contribution in [0.15, 0.2) is 47.2 Å². The van der Waals surface area contributed by atoms with Gasteiger partial charge >= 0.3 is 6.09 Å². The summed E-state index contributed by atoms with van der Waals surface area (Å²) in [5.74, 6) is 0.151. The number of nitrogens with zero attached hydrogens (tertiary/aromatic N) is 3. The summed E-state index contributed by atoms with van der Waals surface area (Å²) in [5.41, 5.74) is 2.39. The molecule has 1 aromatic carbocycles. The molecule has 0 aliphatic carbocycles. The molecule has 2 heterocycles. The van der Waals surface area contributed by atoms with Crippen LogP contribution in [0.5, 0.6) is 0 Å². The molecule has 0 saturated heterocycles. The summed E-state index contributed by atoms with van der Waals surface area (Å²) in [6.45, 7) is 1.87. The lowest BCUT2D eigenvalue weighted by molar-refractivity contribution is 0.0985. The number of nitrogens with one attached hydrogen (secondary N) is 1. The monoisotopic (exact) mass is 462 g/mol. The van der Waals surface area contributed by atoms with Crippen molar-refractivity contribution in [3.63, 3.8) is 0 Å². The van der Waals surface area contributed by atoms with E-state index in [4.69, 9.17) is 11.6 Å². The van der Waals surface area contributed by atoms with Gasteiger partial charge < -0.3 is 4.74 Å². The molecule has 144 valence electrons. The lowest BCUT2D eigenvalue weighted by Crippen LogP contribution is -2.16. The number of anilines is 1. The second-order valence-corrected chi connectivity index (χ2v) is 7.11. The van der Waals surface area contributed by atoms with Crippen LogP contribution in [0.25, 0.3) is 5.82 Å². The maximum absolute atomic E-state index is 13.1. The van der Waals surface area contributed by atoms with Gasteiger partial charge in [0, 0.05) is 24.4 Å². The average Bonchev–Trinajstić information content (AvgIpc) is 3.06. The van der Waals surface area contributed by atoms with Gasteiger partial charge in [-0.2, -0.15) is 5.10 Å². The van der Waals surface area contributed by atoms with E-state index in [1.165, 1.54) is 11.8 Å². The number of rotatable bonds is 5. The third-order valence-electron chi connectivity index (χ3n) is 4.07. The van der Waals surface area contributed by atoms with Crippen LogP contribution < -0.4 is 5.32 Å². The zero-order chi connectivity index (χ0) is 20.3. The molecule has 0 aliphatic heterocycles. The van der Waals surface area contributed by atoms with Gasteiger partial charge in [-0.15, -0.1) is 0 Å². The van der Waals surface area contributed by atoms with Crippen molar-refractivity contribution in [1.82, 2.24) is 14.8 Å². The Labute approximate surface area is 174 Å². The van der Waals surface area contributed by atoms with Gasteiger partial charge in [-0.25, -0.2) is 14.5 Å². The molecule has 3 aromatic rings. The predicted molar refractivity (Wildman–Crippen MR) is 109 cm³/mol. The molecule has 3 rings (SSSR count). The molecule has 28 heavy (non-hydrogen) atoms. The van der Waals surface area contributed by atoms with Crippen molar-refractivity contribution in [2.24, 2.45) is 0 Å². The molecule has 0 saturated carbocycles. The van der Waals surface area contributed by atoms with Gasteiger partial charge in [0.1, 0.15) is 10.3 Å². The van der Waals surface area contributed by atoms with Crippen molar-refractivity contribution in [2.45, 2.75) is 13.3 Å². The Balaban J connectivity index is 1.98. The van der Waals surface area contributed by atoms with Crippen LogP contribution in [0.2, 0.25) is 5.02 Å². The summed E-state index contributed by atoms with van der Waals surface area (Å²) in [7, 11) is 1.28. The normalized spacial score (nSPS) is 10.6. The highest BCUT2D eigenvalue weighted by molar-refractivity contribution is 9.10. The number of carbonyl (C=O) groups excluding carboxylic acids is 2. The number of ether oxygens (including phenoxy) is 1. The largest absolute Gasteiger partial charge is 0.453 e. The fraction of sp³-hybridized carbons (Fsp3) is 0.158. The molecule has 0 atom stereocenters. The maximum Gasteiger partial charge on any atom is 0.411 e. The highest BCUT2D eigenvalue weighted by Crippen LogP contribution is 2.25. The van der Waals surface area contributed by atoms with E-state index < -0.39 is 6.09 Å². The van der Waals surface area contributed by atoms with Crippen LogP contribution in [0.4, 0.5) is 10.5 Å². The predicted octanol–water partition coefficient (Wildman–Crippen LogP) is 4.60. The van der Waals surface area contributed by atoms with Gasteiger partial charge in [0.15, 0.2) is 11.6 Å². The molecule has 0 unspecified atom stereocenters. The van der Waals surface area contributed by atoms with Crippen LogP contribution in [-0.4, -0.2) is 33.8 Å². The maximum atomic E-state index is 13.1. The number of hydrogen-bond acceptors (Lipinski definition) is 5. The summed E-state index contributed by atoms with van der Waals surface area (Å²) >= 11 is 9.52. The lowest BCUT2D eigenvalue weighted by atomic mass is 10.00. The first-order valence-electron chi connectivity index (χ1n) is 8.24. The lowest BCUT2D eigenvalue weighted by Gasteiger charge is -2.13. The molecule has 2 aromatic heterocycles. The van der Waals surface area contributed by atoms with Gasteiger partial charge in [-0.1, -0.05) is 23.7 Å². The topological polar surface area (TPSA) is 86.1 Å². The van der Waals surface area contributed by atoms with Crippen molar-refractivity contribution in [3.8, 4) is 5.82 Å². The first kappa shape index (κ1) is 20.0. The second-order valence-electron chi connectivity index (χ2n) is 5.89. The minimum atomic E-state index is -0.604. The van der Waals surface area contributed by atoms with Crippen LogP contribution in [-0.2, 0) is 11.2 Å². The zero-order valence-electron chi connectivity index (χ0n) is 15.1. The van der Waals surface area contributed by atoms with Crippen LogP contribution in [0, 0.1) is 6.92 Å². The number of pyridine rings is 1. The van der Waals surface area contributed by atoms with Gasteiger partial charge in [-0.05, 0) is 52.2 Å². The van der Waals surface area contributed by atoms with E-state index in [0.29, 0.717) is 32.4 Å². The molecule has 1 amide bonds. The Kier molecular flexibility index (Phi) is 6.11. The smallest absolute Gasteiger partial charge is 0.411 e. The number of amides is 1.